The summed E-state index contributed by atoms with van der Waals surface area (Å²) in [4.78, 5) is 0. The van der Waals surface area contributed by atoms with Crippen molar-refractivity contribution in [2.24, 2.45) is 0 Å². The minimum atomic E-state index is -3.25. The molecule has 0 heterocycles. The van der Waals surface area contributed by atoms with Crippen molar-refractivity contribution in [3.05, 3.63) is 35.9 Å². The molecule has 0 amide bonds. The average Bonchev–Trinajstić information content (AvgIpc) is 2.17. The second-order valence-electron chi connectivity index (χ2n) is 3.31. The van der Waals surface area contributed by atoms with Crippen molar-refractivity contribution in [3.63, 3.8) is 0 Å². The van der Waals surface area contributed by atoms with Crippen molar-refractivity contribution in [1.82, 2.24) is 4.31 Å². The number of hydrogen-bond donors (Lipinski definition) is 1. The van der Waals surface area contributed by atoms with Crippen LogP contribution in [-0.2, 0) is 16.6 Å². The van der Waals surface area contributed by atoms with Gasteiger partial charge in [0.1, 0.15) is 0 Å². The van der Waals surface area contributed by atoms with E-state index in [1.165, 1.54) is 4.31 Å². The van der Waals surface area contributed by atoms with Gasteiger partial charge < -0.3 is 5.11 Å². The molecule has 0 radical (unpaired) electrons. The second kappa shape index (κ2) is 5.25. The van der Waals surface area contributed by atoms with Gasteiger partial charge in [0.25, 0.3) is 0 Å². The summed E-state index contributed by atoms with van der Waals surface area (Å²) < 4.78 is 23.9. The Morgan fingerprint density at radius 2 is 1.87 bits per heavy atom. The first kappa shape index (κ1) is 12.2. The molecule has 1 aromatic rings. The molecule has 0 aliphatic heterocycles. The van der Waals surface area contributed by atoms with Crippen LogP contribution in [0.15, 0.2) is 30.3 Å². The van der Waals surface area contributed by atoms with E-state index in [4.69, 9.17) is 5.11 Å². The molecule has 0 atom stereocenters. The normalized spacial score (nSPS) is 11.9. The van der Waals surface area contributed by atoms with Gasteiger partial charge in [0.05, 0.1) is 12.9 Å². The van der Waals surface area contributed by atoms with Gasteiger partial charge in [-0.05, 0) is 5.56 Å². The quantitative estimate of drug-likeness (QED) is 0.797. The predicted octanol–water partition coefficient (Wildman–Crippen LogP) is 0.440. The van der Waals surface area contributed by atoms with Gasteiger partial charge >= 0.3 is 0 Å². The molecule has 0 unspecified atom stereocenters. The Morgan fingerprint density at radius 3 is 2.33 bits per heavy atom. The number of benzene rings is 1. The fourth-order valence-corrected chi connectivity index (χ4v) is 2.06. The maximum Gasteiger partial charge on any atom is 0.211 e. The summed E-state index contributed by atoms with van der Waals surface area (Å²) in [7, 11) is -3.25. The van der Waals surface area contributed by atoms with Gasteiger partial charge in [0.2, 0.25) is 10.0 Å². The first-order valence-corrected chi connectivity index (χ1v) is 6.49. The highest BCUT2D eigenvalue weighted by molar-refractivity contribution is 7.88. The summed E-state index contributed by atoms with van der Waals surface area (Å²) in [6.45, 7) is 0.272. The Kier molecular flexibility index (Phi) is 4.26. The molecule has 0 aliphatic carbocycles. The van der Waals surface area contributed by atoms with Crippen molar-refractivity contribution in [2.75, 3.05) is 19.4 Å². The van der Waals surface area contributed by atoms with E-state index < -0.39 is 10.0 Å². The Labute approximate surface area is 90.2 Å². The highest BCUT2D eigenvalue weighted by atomic mass is 32.2. The molecule has 84 valence electrons. The lowest BCUT2D eigenvalue weighted by molar-refractivity contribution is 0.251. The van der Waals surface area contributed by atoms with Crippen molar-refractivity contribution in [3.8, 4) is 0 Å². The minimum Gasteiger partial charge on any atom is -0.395 e. The van der Waals surface area contributed by atoms with Crippen LogP contribution in [0.2, 0.25) is 0 Å². The molecule has 0 saturated heterocycles. The Morgan fingerprint density at radius 1 is 1.27 bits per heavy atom. The number of aliphatic hydroxyl groups is 1. The number of hydrogen-bond acceptors (Lipinski definition) is 3. The lowest BCUT2D eigenvalue weighted by Crippen LogP contribution is -2.32. The van der Waals surface area contributed by atoms with Gasteiger partial charge in [-0.1, -0.05) is 30.3 Å². The van der Waals surface area contributed by atoms with Crippen LogP contribution >= 0.6 is 0 Å². The van der Waals surface area contributed by atoms with Crippen molar-refractivity contribution in [2.45, 2.75) is 6.54 Å². The fourth-order valence-electron chi connectivity index (χ4n) is 1.26. The van der Waals surface area contributed by atoms with E-state index in [9.17, 15) is 8.42 Å². The van der Waals surface area contributed by atoms with Crippen LogP contribution in [0.25, 0.3) is 0 Å². The summed E-state index contributed by atoms with van der Waals surface area (Å²) in [6, 6.07) is 9.30. The number of nitrogens with zero attached hydrogens (tertiary/aromatic N) is 1. The Hall–Kier alpha value is -0.910. The lowest BCUT2D eigenvalue weighted by Gasteiger charge is -2.18. The number of sulfonamides is 1. The van der Waals surface area contributed by atoms with E-state index in [0.29, 0.717) is 6.54 Å². The molecule has 1 aromatic carbocycles. The topological polar surface area (TPSA) is 57.6 Å². The van der Waals surface area contributed by atoms with Crippen LogP contribution in [-0.4, -0.2) is 37.2 Å². The second-order valence-corrected chi connectivity index (χ2v) is 5.29. The van der Waals surface area contributed by atoms with Crippen LogP contribution in [0, 0.1) is 0 Å². The van der Waals surface area contributed by atoms with Gasteiger partial charge in [-0.3, -0.25) is 0 Å². The molecule has 15 heavy (non-hydrogen) atoms. The van der Waals surface area contributed by atoms with Crippen molar-refractivity contribution >= 4 is 10.0 Å². The zero-order valence-electron chi connectivity index (χ0n) is 8.63. The summed E-state index contributed by atoms with van der Waals surface area (Å²) in [5.41, 5.74) is 0.913. The minimum absolute atomic E-state index is 0.133. The highest BCUT2D eigenvalue weighted by Crippen LogP contribution is 2.07. The monoisotopic (exact) mass is 229 g/mol. The molecular formula is C10H15NO3S. The van der Waals surface area contributed by atoms with Crippen LogP contribution in [0.4, 0.5) is 0 Å². The summed E-state index contributed by atoms with van der Waals surface area (Å²) >= 11 is 0. The van der Waals surface area contributed by atoms with Gasteiger partial charge in [-0.2, -0.15) is 4.31 Å². The molecule has 0 bridgehead atoms. The van der Waals surface area contributed by atoms with Crippen molar-refractivity contribution < 1.29 is 13.5 Å². The fraction of sp³-hybridized carbons (Fsp3) is 0.400. The van der Waals surface area contributed by atoms with Gasteiger partial charge in [0, 0.05) is 13.1 Å². The Balaban J connectivity index is 2.76. The van der Waals surface area contributed by atoms with Gasteiger partial charge in [-0.25, -0.2) is 8.42 Å². The molecule has 0 saturated carbocycles. The largest absolute Gasteiger partial charge is 0.395 e. The SMILES string of the molecule is CS(=O)(=O)N(CCO)Cc1ccccc1. The van der Waals surface area contributed by atoms with Crippen molar-refractivity contribution in [1.29, 1.82) is 0 Å². The average molecular weight is 229 g/mol. The first-order chi connectivity index (χ1) is 7.04. The molecule has 1 rings (SSSR count). The van der Waals surface area contributed by atoms with Crippen LogP contribution in [0.1, 0.15) is 5.56 Å². The molecule has 4 nitrogen and oxygen atoms in total. The van der Waals surface area contributed by atoms with Crippen LogP contribution in [0.3, 0.4) is 0 Å². The highest BCUT2D eigenvalue weighted by Gasteiger charge is 2.15. The van der Waals surface area contributed by atoms with E-state index in [1.807, 2.05) is 30.3 Å². The third-order valence-electron chi connectivity index (χ3n) is 2.02. The molecule has 0 aromatic heterocycles. The molecule has 5 heteroatoms. The zero-order chi connectivity index (χ0) is 11.3. The molecular weight excluding hydrogens is 214 g/mol. The van der Waals surface area contributed by atoms with Gasteiger partial charge in [-0.15, -0.1) is 0 Å². The third kappa shape index (κ3) is 3.99. The first-order valence-electron chi connectivity index (χ1n) is 4.64. The standard InChI is InChI=1S/C10H15NO3S/c1-15(13,14)11(7-8-12)9-10-5-3-2-4-6-10/h2-6,12H,7-9H2,1H3. The van der Waals surface area contributed by atoms with E-state index in [2.05, 4.69) is 0 Å². The van der Waals surface area contributed by atoms with Crippen LogP contribution in [0.5, 0.6) is 0 Å². The zero-order valence-corrected chi connectivity index (χ0v) is 9.44. The number of aliphatic hydroxyl groups excluding tert-OH is 1. The molecule has 0 fully saturated rings. The summed E-state index contributed by atoms with van der Waals surface area (Å²) in [6.07, 6.45) is 1.14. The van der Waals surface area contributed by atoms with E-state index in [-0.39, 0.29) is 13.2 Å². The van der Waals surface area contributed by atoms with Gasteiger partial charge in [0.15, 0.2) is 0 Å². The summed E-state index contributed by atoms with van der Waals surface area (Å²) in [5.74, 6) is 0. The Bertz CT molecular complexity index is 388. The third-order valence-corrected chi connectivity index (χ3v) is 3.27. The van der Waals surface area contributed by atoms with E-state index in [0.717, 1.165) is 11.8 Å². The lowest BCUT2D eigenvalue weighted by atomic mass is 10.2. The molecule has 0 aliphatic rings. The molecule has 0 spiro atoms. The maximum absolute atomic E-state index is 11.3. The smallest absolute Gasteiger partial charge is 0.211 e. The number of rotatable bonds is 5. The van der Waals surface area contributed by atoms with Crippen LogP contribution < -0.4 is 0 Å². The maximum atomic E-state index is 11.3. The van der Waals surface area contributed by atoms with E-state index >= 15 is 0 Å². The predicted molar refractivity (Wildman–Crippen MR) is 58.8 cm³/mol. The van der Waals surface area contributed by atoms with E-state index in [1.54, 1.807) is 0 Å². The molecule has 1 N–H and O–H groups in total. The summed E-state index contributed by atoms with van der Waals surface area (Å²) in [5, 5.41) is 8.77.